The van der Waals surface area contributed by atoms with Gasteiger partial charge in [-0.25, -0.2) is 14.3 Å². The molecular formula is C28H23N3O6. The Balaban J connectivity index is 0.000000396. The topological polar surface area (TPSA) is 128 Å². The van der Waals surface area contributed by atoms with Gasteiger partial charge in [0.1, 0.15) is 12.3 Å². The molecule has 0 saturated carbocycles. The number of hydrogen-bond acceptors (Lipinski definition) is 6. The Morgan fingerprint density at radius 2 is 1.57 bits per heavy atom. The third kappa shape index (κ3) is 5.79. The van der Waals surface area contributed by atoms with Crippen LogP contribution in [0.5, 0.6) is 0 Å². The zero-order chi connectivity index (χ0) is 26.4. The number of amides is 2. The lowest BCUT2D eigenvalue weighted by Gasteiger charge is -2.04. The molecule has 1 aliphatic heterocycles. The van der Waals surface area contributed by atoms with Gasteiger partial charge in [0.05, 0.1) is 22.3 Å². The minimum Gasteiger partial charge on any atom is -0.478 e. The highest BCUT2D eigenvalue weighted by Gasteiger charge is 2.16. The predicted octanol–water partition coefficient (Wildman–Crippen LogP) is 4.16. The number of ether oxygens (including phenoxy) is 1. The molecule has 0 aliphatic carbocycles. The number of carboxylic acid groups (broad SMARTS) is 1. The average molecular weight is 498 g/mol. The van der Waals surface area contributed by atoms with Crippen LogP contribution in [0, 0.1) is 0 Å². The number of benzene rings is 3. The smallest absolute Gasteiger partial charge is 0.338 e. The second-order valence-electron chi connectivity index (χ2n) is 8.07. The Morgan fingerprint density at radius 3 is 2.14 bits per heavy atom. The van der Waals surface area contributed by atoms with Crippen LogP contribution in [-0.2, 0) is 14.3 Å². The van der Waals surface area contributed by atoms with Crippen molar-refractivity contribution in [1.29, 1.82) is 0 Å². The lowest BCUT2D eigenvalue weighted by Crippen LogP contribution is -2.18. The predicted molar refractivity (Wildman–Crippen MR) is 136 cm³/mol. The first kappa shape index (κ1) is 25.1. The van der Waals surface area contributed by atoms with Crippen molar-refractivity contribution in [2.45, 2.75) is 12.8 Å². The molecule has 0 radical (unpaired) electrons. The average Bonchev–Trinajstić information content (AvgIpc) is 3.50. The Labute approximate surface area is 212 Å². The normalized spacial score (nSPS) is 12.4. The maximum Gasteiger partial charge on any atom is 0.338 e. The molecular weight excluding hydrogens is 474 g/mol. The van der Waals surface area contributed by atoms with Gasteiger partial charge in [-0.3, -0.25) is 14.9 Å². The van der Waals surface area contributed by atoms with Crippen LogP contribution >= 0.6 is 0 Å². The molecule has 9 nitrogen and oxygen atoms in total. The summed E-state index contributed by atoms with van der Waals surface area (Å²) in [6.45, 7) is 3.70. The molecule has 1 fully saturated rings. The number of aromatic carboxylic acids is 1. The molecule has 5 rings (SSSR count). The molecule has 0 unspecified atom stereocenters. The molecule has 2 heterocycles. The van der Waals surface area contributed by atoms with Crippen molar-refractivity contribution in [3.05, 3.63) is 96.6 Å². The van der Waals surface area contributed by atoms with Crippen molar-refractivity contribution in [2.75, 3.05) is 6.61 Å². The summed E-state index contributed by atoms with van der Waals surface area (Å²) in [5.74, 6) is -1.68. The van der Waals surface area contributed by atoms with E-state index in [1.807, 2.05) is 36.4 Å². The molecule has 37 heavy (non-hydrogen) atoms. The van der Waals surface area contributed by atoms with E-state index in [0.29, 0.717) is 18.4 Å². The van der Waals surface area contributed by atoms with E-state index < -0.39 is 11.9 Å². The number of nitrogens with one attached hydrogen (secondary N) is 1. The number of aromatic nitrogens is 2. The van der Waals surface area contributed by atoms with Crippen molar-refractivity contribution in [2.24, 2.45) is 0 Å². The van der Waals surface area contributed by atoms with Crippen LogP contribution in [0.1, 0.15) is 33.6 Å². The summed E-state index contributed by atoms with van der Waals surface area (Å²) < 4.78 is 6.84. The van der Waals surface area contributed by atoms with Crippen molar-refractivity contribution in [3.8, 4) is 16.9 Å². The van der Waals surface area contributed by atoms with Gasteiger partial charge < -0.3 is 9.84 Å². The van der Waals surface area contributed by atoms with Crippen LogP contribution in [0.25, 0.3) is 27.8 Å². The molecule has 186 valence electrons. The van der Waals surface area contributed by atoms with E-state index in [-0.39, 0.29) is 24.0 Å². The van der Waals surface area contributed by atoms with Crippen molar-refractivity contribution < 1.29 is 29.0 Å². The summed E-state index contributed by atoms with van der Waals surface area (Å²) in [6, 6.07) is 21.4. The number of carbonyl (C=O) groups is 4. The van der Waals surface area contributed by atoms with Gasteiger partial charge >= 0.3 is 11.9 Å². The van der Waals surface area contributed by atoms with Crippen LogP contribution < -0.4 is 5.32 Å². The van der Waals surface area contributed by atoms with E-state index in [1.54, 1.807) is 41.1 Å². The molecule has 4 aromatic rings. The fourth-order valence-electron chi connectivity index (χ4n) is 3.71. The van der Waals surface area contributed by atoms with Crippen LogP contribution in [0.3, 0.4) is 0 Å². The van der Waals surface area contributed by atoms with Gasteiger partial charge in [0, 0.05) is 23.8 Å². The Morgan fingerprint density at radius 1 is 0.946 bits per heavy atom. The molecule has 2 amide bonds. The van der Waals surface area contributed by atoms with Crippen LogP contribution in [0.2, 0.25) is 0 Å². The highest BCUT2D eigenvalue weighted by Crippen LogP contribution is 2.30. The number of hydrogen-bond donors (Lipinski definition) is 2. The fourth-order valence-corrected chi connectivity index (χ4v) is 3.71. The van der Waals surface area contributed by atoms with E-state index in [2.05, 4.69) is 11.9 Å². The third-order valence-electron chi connectivity index (χ3n) is 5.53. The van der Waals surface area contributed by atoms with E-state index >= 15 is 0 Å². The summed E-state index contributed by atoms with van der Waals surface area (Å²) in [7, 11) is 0. The van der Waals surface area contributed by atoms with Crippen LogP contribution in [0.15, 0.2) is 85.5 Å². The first-order valence-electron chi connectivity index (χ1n) is 11.4. The van der Waals surface area contributed by atoms with Gasteiger partial charge in [0.2, 0.25) is 11.8 Å². The minimum absolute atomic E-state index is 0.148. The van der Waals surface area contributed by atoms with Gasteiger partial charge in [-0.05, 0) is 42.5 Å². The van der Waals surface area contributed by atoms with Gasteiger partial charge in [0.25, 0.3) is 0 Å². The number of carboxylic acids is 1. The molecule has 1 aromatic heterocycles. The molecule has 3 aromatic carbocycles. The number of imide groups is 1. The number of carbonyl (C=O) groups excluding carboxylic acids is 3. The second kappa shape index (κ2) is 11.1. The largest absolute Gasteiger partial charge is 0.478 e. The van der Waals surface area contributed by atoms with Gasteiger partial charge in [-0.15, -0.1) is 0 Å². The number of rotatable bonds is 6. The second-order valence-corrected chi connectivity index (χ2v) is 8.07. The third-order valence-corrected chi connectivity index (χ3v) is 5.53. The summed E-state index contributed by atoms with van der Waals surface area (Å²) in [5, 5.41) is 17.0. The summed E-state index contributed by atoms with van der Waals surface area (Å²) in [4.78, 5) is 43.4. The van der Waals surface area contributed by atoms with Crippen molar-refractivity contribution >= 4 is 34.7 Å². The lowest BCUT2D eigenvalue weighted by atomic mass is 10.1. The molecule has 2 N–H and O–H groups in total. The number of esters is 1. The molecule has 0 bridgehead atoms. The standard InChI is InChI=1S/C24H18N2O4.C4H5NO2/c1-2-15-30-24(29)18-9-7-16(8-10-18)22-20-5-3-4-6-21(20)26(25-22)19-13-11-17(12-14-19)23(27)28;6-3-1-2-4(7)5-3/h2-14H,1,15H2,(H,27,28);1-2H2,(H,5,6,7). The van der Waals surface area contributed by atoms with Crippen LogP contribution in [-0.4, -0.2) is 45.2 Å². The Bertz CT molecular complexity index is 1470. The Hall–Kier alpha value is -5.05. The van der Waals surface area contributed by atoms with Crippen molar-refractivity contribution in [3.63, 3.8) is 0 Å². The summed E-state index contributed by atoms with van der Waals surface area (Å²) in [5.41, 5.74) is 3.94. The lowest BCUT2D eigenvalue weighted by molar-refractivity contribution is -0.124. The SMILES string of the molecule is C=CCOC(=O)c1ccc(-c2nn(-c3ccc(C(=O)O)cc3)c3ccccc23)cc1.O=C1CCC(=O)N1. The van der Waals surface area contributed by atoms with E-state index in [4.69, 9.17) is 14.9 Å². The van der Waals surface area contributed by atoms with Crippen molar-refractivity contribution in [1.82, 2.24) is 15.1 Å². The quantitative estimate of drug-likeness (QED) is 0.233. The van der Waals surface area contributed by atoms with Gasteiger partial charge in [-0.1, -0.05) is 43.0 Å². The van der Waals surface area contributed by atoms with Gasteiger partial charge in [-0.2, -0.15) is 5.10 Å². The zero-order valence-electron chi connectivity index (χ0n) is 19.7. The molecule has 9 heteroatoms. The fraction of sp³-hybridized carbons (Fsp3) is 0.107. The number of nitrogens with zero attached hydrogens (tertiary/aromatic N) is 2. The highest BCUT2D eigenvalue weighted by atomic mass is 16.5. The monoisotopic (exact) mass is 497 g/mol. The zero-order valence-corrected chi connectivity index (χ0v) is 19.7. The molecule has 0 spiro atoms. The summed E-state index contributed by atoms with van der Waals surface area (Å²) >= 11 is 0. The highest BCUT2D eigenvalue weighted by molar-refractivity contribution is 6.01. The molecule has 1 aliphatic rings. The van der Waals surface area contributed by atoms with E-state index in [0.717, 1.165) is 27.8 Å². The van der Waals surface area contributed by atoms with Crippen LogP contribution in [0.4, 0.5) is 0 Å². The van der Waals surface area contributed by atoms with E-state index in [9.17, 15) is 19.2 Å². The van der Waals surface area contributed by atoms with E-state index in [1.165, 1.54) is 6.08 Å². The molecule has 1 saturated heterocycles. The minimum atomic E-state index is -0.973. The number of para-hydroxylation sites is 1. The number of fused-ring (bicyclic) bond motifs is 1. The Kier molecular flexibility index (Phi) is 7.53. The van der Waals surface area contributed by atoms with Gasteiger partial charge in [0.15, 0.2) is 0 Å². The molecule has 0 atom stereocenters. The maximum atomic E-state index is 12.0. The first-order chi connectivity index (χ1) is 17.9. The maximum absolute atomic E-state index is 12.0. The summed E-state index contributed by atoms with van der Waals surface area (Å²) in [6.07, 6.45) is 2.27. The first-order valence-corrected chi connectivity index (χ1v) is 11.4.